The maximum Gasteiger partial charge on any atom is 0.325 e. The molecule has 1 heterocycles. The van der Waals surface area contributed by atoms with Crippen LogP contribution in [0.2, 0.25) is 0 Å². The third-order valence-corrected chi connectivity index (χ3v) is 4.57. The Balaban J connectivity index is 2.22. The molecule has 20 heavy (non-hydrogen) atoms. The predicted molar refractivity (Wildman–Crippen MR) is 73.9 cm³/mol. The van der Waals surface area contributed by atoms with Gasteiger partial charge in [0, 0.05) is 13.6 Å². The molecule has 2 atom stereocenters. The number of imide groups is 1. The Labute approximate surface area is 119 Å². The lowest BCUT2D eigenvalue weighted by atomic mass is 9.75. The van der Waals surface area contributed by atoms with Crippen molar-refractivity contribution in [1.29, 1.82) is 0 Å². The van der Waals surface area contributed by atoms with Gasteiger partial charge < -0.3 is 9.80 Å². The van der Waals surface area contributed by atoms with E-state index < -0.39 is 11.6 Å². The molecule has 6 nitrogen and oxygen atoms in total. The molecule has 4 amide bonds. The summed E-state index contributed by atoms with van der Waals surface area (Å²) in [5.41, 5.74) is -0.807. The number of nitrogens with one attached hydrogen (secondary N) is 1. The van der Waals surface area contributed by atoms with Crippen molar-refractivity contribution in [2.24, 2.45) is 5.92 Å². The molecule has 1 spiro atoms. The van der Waals surface area contributed by atoms with Gasteiger partial charge in [-0.3, -0.25) is 14.9 Å². The van der Waals surface area contributed by atoms with Crippen LogP contribution in [-0.4, -0.2) is 53.3 Å². The van der Waals surface area contributed by atoms with E-state index in [-0.39, 0.29) is 18.4 Å². The number of carbonyl (C=O) groups excluding carboxylic acids is 3. The lowest BCUT2D eigenvalue weighted by Gasteiger charge is -2.40. The fourth-order valence-corrected chi connectivity index (χ4v) is 3.23. The molecule has 112 valence electrons. The zero-order valence-corrected chi connectivity index (χ0v) is 12.4. The third-order valence-electron chi connectivity index (χ3n) is 4.57. The van der Waals surface area contributed by atoms with Crippen molar-refractivity contribution in [1.82, 2.24) is 15.1 Å². The average molecular weight is 281 g/mol. The van der Waals surface area contributed by atoms with Crippen molar-refractivity contribution in [3.8, 4) is 0 Å². The van der Waals surface area contributed by atoms with E-state index in [2.05, 4.69) is 12.2 Å². The first-order valence-corrected chi connectivity index (χ1v) is 7.27. The summed E-state index contributed by atoms with van der Waals surface area (Å²) in [5, 5.41) is 2.39. The molecule has 1 saturated heterocycles. The van der Waals surface area contributed by atoms with Gasteiger partial charge in [0.25, 0.3) is 5.91 Å². The van der Waals surface area contributed by atoms with Gasteiger partial charge in [-0.05, 0) is 25.7 Å². The third kappa shape index (κ3) is 2.39. The fourth-order valence-electron chi connectivity index (χ4n) is 3.23. The highest BCUT2D eigenvalue weighted by atomic mass is 16.2. The van der Waals surface area contributed by atoms with E-state index in [1.54, 1.807) is 11.9 Å². The second-order valence-corrected chi connectivity index (χ2v) is 5.99. The minimum absolute atomic E-state index is 0.0192. The molecule has 1 aliphatic carbocycles. The first kappa shape index (κ1) is 14.8. The largest absolute Gasteiger partial charge is 0.344 e. The van der Waals surface area contributed by atoms with Gasteiger partial charge >= 0.3 is 6.03 Å². The maximum atomic E-state index is 12.2. The van der Waals surface area contributed by atoms with Gasteiger partial charge in [-0.15, -0.1) is 0 Å². The van der Waals surface area contributed by atoms with Gasteiger partial charge in [-0.25, -0.2) is 4.79 Å². The van der Waals surface area contributed by atoms with E-state index in [9.17, 15) is 14.4 Å². The topological polar surface area (TPSA) is 69.7 Å². The van der Waals surface area contributed by atoms with Crippen LogP contribution in [0.15, 0.2) is 0 Å². The molecule has 0 aromatic carbocycles. The molecule has 1 aliphatic heterocycles. The van der Waals surface area contributed by atoms with E-state index in [1.165, 1.54) is 4.90 Å². The Morgan fingerprint density at radius 2 is 2.20 bits per heavy atom. The summed E-state index contributed by atoms with van der Waals surface area (Å²) in [6, 6.07) is -0.429. The van der Waals surface area contributed by atoms with Crippen LogP contribution in [0.25, 0.3) is 0 Å². The molecule has 0 radical (unpaired) electrons. The number of nitrogens with zero attached hydrogens (tertiary/aromatic N) is 2. The quantitative estimate of drug-likeness (QED) is 0.784. The number of rotatable bonds is 3. The highest BCUT2D eigenvalue weighted by Gasteiger charge is 2.54. The lowest BCUT2D eigenvalue weighted by molar-refractivity contribution is -0.134. The molecular weight excluding hydrogens is 258 g/mol. The standard InChI is InChI=1S/C14H23N3O3/c1-4-16(3)11(18)9-17-13(20)15-12(19)14(17)7-5-6-10(2)8-14/h10H,4-9H2,1-3H3,(H,15,19,20). The minimum Gasteiger partial charge on any atom is -0.344 e. The van der Waals surface area contributed by atoms with Gasteiger partial charge in [0.15, 0.2) is 0 Å². The zero-order chi connectivity index (χ0) is 14.9. The summed E-state index contributed by atoms with van der Waals surface area (Å²) in [4.78, 5) is 39.4. The van der Waals surface area contributed by atoms with Crippen molar-refractivity contribution in [3.63, 3.8) is 0 Å². The molecule has 2 unspecified atom stereocenters. The maximum absolute atomic E-state index is 12.2. The SMILES string of the molecule is CCN(C)C(=O)CN1C(=O)NC(=O)C12CCCC(C)C2. The Bertz CT molecular complexity index is 437. The van der Waals surface area contributed by atoms with Gasteiger partial charge in [0.1, 0.15) is 12.1 Å². The number of hydrogen-bond acceptors (Lipinski definition) is 3. The average Bonchev–Trinajstić information content (AvgIpc) is 2.62. The smallest absolute Gasteiger partial charge is 0.325 e. The molecule has 2 aliphatic rings. The van der Waals surface area contributed by atoms with Crippen LogP contribution in [-0.2, 0) is 9.59 Å². The number of hydrogen-bond donors (Lipinski definition) is 1. The summed E-state index contributed by atoms with van der Waals surface area (Å²) >= 11 is 0. The molecule has 2 fully saturated rings. The summed E-state index contributed by atoms with van der Waals surface area (Å²) in [5.74, 6) is 0.0258. The van der Waals surface area contributed by atoms with Crippen LogP contribution in [0, 0.1) is 5.92 Å². The number of urea groups is 1. The Kier molecular flexibility index (Phi) is 4.01. The highest BCUT2D eigenvalue weighted by molar-refractivity contribution is 6.08. The van der Waals surface area contributed by atoms with Crippen LogP contribution >= 0.6 is 0 Å². The van der Waals surface area contributed by atoms with Crippen molar-refractivity contribution in [3.05, 3.63) is 0 Å². The van der Waals surface area contributed by atoms with Crippen LogP contribution in [0.4, 0.5) is 4.79 Å². The molecular formula is C14H23N3O3. The zero-order valence-electron chi connectivity index (χ0n) is 12.4. The van der Waals surface area contributed by atoms with Crippen molar-refractivity contribution in [2.45, 2.75) is 45.1 Å². The van der Waals surface area contributed by atoms with Crippen molar-refractivity contribution >= 4 is 17.8 Å². The summed E-state index contributed by atoms with van der Waals surface area (Å²) in [6.45, 7) is 4.54. The number of likely N-dealkylation sites (N-methyl/N-ethyl adjacent to an activating group) is 1. The van der Waals surface area contributed by atoms with Crippen LogP contribution < -0.4 is 5.32 Å². The molecule has 1 N–H and O–H groups in total. The first-order valence-electron chi connectivity index (χ1n) is 7.27. The number of carbonyl (C=O) groups is 3. The summed E-state index contributed by atoms with van der Waals surface area (Å²) in [7, 11) is 1.70. The lowest BCUT2D eigenvalue weighted by Crippen LogP contribution is -2.55. The molecule has 1 saturated carbocycles. The van der Waals surface area contributed by atoms with Gasteiger partial charge in [0.2, 0.25) is 5.91 Å². The van der Waals surface area contributed by atoms with Crippen LogP contribution in [0.5, 0.6) is 0 Å². The number of amides is 4. The Morgan fingerprint density at radius 1 is 1.50 bits per heavy atom. The van der Waals surface area contributed by atoms with E-state index in [0.717, 1.165) is 12.8 Å². The van der Waals surface area contributed by atoms with E-state index >= 15 is 0 Å². The van der Waals surface area contributed by atoms with Crippen LogP contribution in [0.3, 0.4) is 0 Å². The monoisotopic (exact) mass is 281 g/mol. The predicted octanol–water partition coefficient (Wildman–Crippen LogP) is 0.965. The Morgan fingerprint density at radius 3 is 2.80 bits per heavy atom. The Hall–Kier alpha value is -1.59. The fraction of sp³-hybridized carbons (Fsp3) is 0.786. The molecule has 0 aromatic heterocycles. The van der Waals surface area contributed by atoms with E-state index in [4.69, 9.17) is 0 Å². The van der Waals surface area contributed by atoms with Gasteiger partial charge in [0.05, 0.1) is 0 Å². The molecule has 2 rings (SSSR count). The van der Waals surface area contributed by atoms with Crippen molar-refractivity contribution in [2.75, 3.05) is 20.1 Å². The van der Waals surface area contributed by atoms with E-state index in [0.29, 0.717) is 25.3 Å². The first-order chi connectivity index (χ1) is 9.40. The summed E-state index contributed by atoms with van der Waals surface area (Å²) < 4.78 is 0. The van der Waals surface area contributed by atoms with Crippen molar-refractivity contribution < 1.29 is 14.4 Å². The minimum atomic E-state index is -0.807. The second kappa shape index (κ2) is 5.42. The van der Waals surface area contributed by atoms with Gasteiger partial charge in [-0.1, -0.05) is 19.8 Å². The molecule has 6 heteroatoms. The second-order valence-electron chi connectivity index (χ2n) is 5.99. The van der Waals surface area contributed by atoms with E-state index in [1.807, 2.05) is 6.92 Å². The summed E-state index contributed by atoms with van der Waals surface area (Å²) in [6.07, 6.45) is 3.28. The highest BCUT2D eigenvalue weighted by Crippen LogP contribution is 2.39. The van der Waals surface area contributed by atoms with Gasteiger partial charge in [-0.2, -0.15) is 0 Å². The normalized spacial score (nSPS) is 29.8. The molecule has 0 aromatic rings. The van der Waals surface area contributed by atoms with Crippen LogP contribution in [0.1, 0.15) is 39.5 Å². The molecule has 0 bridgehead atoms.